The Bertz CT molecular complexity index is 559. The fraction of sp³-hybridized carbons (Fsp3) is 0.611. The van der Waals surface area contributed by atoms with Crippen molar-refractivity contribution in [1.29, 1.82) is 0 Å². The Morgan fingerprint density at radius 3 is 2.55 bits per heavy atom. The van der Waals surface area contributed by atoms with Crippen LogP contribution in [0.15, 0.2) is 24.5 Å². The Hall–Kier alpha value is -1.29. The van der Waals surface area contributed by atoms with Crippen LogP contribution in [0.2, 0.25) is 0 Å². The van der Waals surface area contributed by atoms with Crippen molar-refractivity contribution in [3.8, 4) is 10.6 Å². The van der Waals surface area contributed by atoms with E-state index in [2.05, 4.69) is 22.1 Å². The average Bonchev–Trinajstić information content (AvgIpc) is 3.07. The third-order valence-corrected chi connectivity index (χ3v) is 5.91. The van der Waals surface area contributed by atoms with Crippen LogP contribution in [0, 0.1) is 5.92 Å². The molecule has 22 heavy (non-hydrogen) atoms. The van der Waals surface area contributed by atoms with Crippen LogP contribution in [0.3, 0.4) is 0 Å². The van der Waals surface area contributed by atoms with Crippen molar-refractivity contribution in [1.82, 2.24) is 15.2 Å². The van der Waals surface area contributed by atoms with Gasteiger partial charge in [-0.1, -0.05) is 43.9 Å². The van der Waals surface area contributed by atoms with Gasteiger partial charge in [-0.25, -0.2) is 0 Å². The fourth-order valence-corrected chi connectivity index (χ4v) is 4.41. The van der Waals surface area contributed by atoms with Gasteiger partial charge in [-0.05, 0) is 43.7 Å². The van der Waals surface area contributed by atoms with Gasteiger partial charge in [-0.3, -0.25) is 4.98 Å². The molecule has 4 heteroatoms. The smallest absolute Gasteiger partial charge is 0.147 e. The standard InChI is InChI=1S/C18H25N3S/c1-2-3-4-5-14-6-8-15(9-7-14)17-20-21-18(22-17)16-10-12-19-13-11-16/h10-15H,2-9H2,1H3/t14-,15-. The molecule has 3 rings (SSSR count). The van der Waals surface area contributed by atoms with Crippen molar-refractivity contribution in [3.63, 3.8) is 0 Å². The van der Waals surface area contributed by atoms with E-state index in [-0.39, 0.29) is 0 Å². The molecule has 0 amide bonds. The quantitative estimate of drug-likeness (QED) is 0.665. The first-order valence-corrected chi connectivity index (χ1v) is 9.42. The Morgan fingerprint density at radius 2 is 1.82 bits per heavy atom. The molecule has 1 saturated carbocycles. The van der Waals surface area contributed by atoms with Gasteiger partial charge >= 0.3 is 0 Å². The molecular weight excluding hydrogens is 290 g/mol. The zero-order valence-electron chi connectivity index (χ0n) is 13.4. The second-order valence-corrected chi connectivity index (χ2v) is 7.40. The Kier molecular flexibility index (Phi) is 5.54. The molecule has 0 bridgehead atoms. The minimum atomic E-state index is 0.635. The number of pyridine rings is 1. The first-order valence-electron chi connectivity index (χ1n) is 8.60. The molecule has 0 radical (unpaired) electrons. The third kappa shape index (κ3) is 3.92. The molecule has 2 aromatic heterocycles. The molecule has 1 fully saturated rings. The third-order valence-electron chi connectivity index (χ3n) is 4.78. The minimum Gasteiger partial charge on any atom is -0.265 e. The fourth-order valence-electron chi connectivity index (χ4n) is 3.39. The summed E-state index contributed by atoms with van der Waals surface area (Å²) in [5, 5.41) is 11.1. The molecule has 0 saturated heterocycles. The van der Waals surface area contributed by atoms with Crippen molar-refractivity contribution in [3.05, 3.63) is 29.5 Å². The van der Waals surface area contributed by atoms with E-state index in [1.165, 1.54) is 56.4 Å². The lowest BCUT2D eigenvalue weighted by Crippen LogP contribution is -2.13. The van der Waals surface area contributed by atoms with Crippen LogP contribution >= 0.6 is 11.3 Å². The number of aromatic nitrogens is 3. The summed E-state index contributed by atoms with van der Waals surface area (Å²) in [6.45, 7) is 2.28. The zero-order valence-corrected chi connectivity index (χ0v) is 14.2. The van der Waals surface area contributed by atoms with Crippen molar-refractivity contribution in [2.75, 3.05) is 0 Å². The van der Waals surface area contributed by atoms with Crippen LogP contribution < -0.4 is 0 Å². The number of unbranched alkanes of at least 4 members (excludes halogenated alkanes) is 2. The molecule has 1 aliphatic carbocycles. The van der Waals surface area contributed by atoms with Crippen molar-refractivity contribution < 1.29 is 0 Å². The summed E-state index contributed by atoms with van der Waals surface area (Å²) in [7, 11) is 0. The van der Waals surface area contributed by atoms with Gasteiger partial charge in [0.25, 0.3) is 0 Å². The van der Waals surface area contributed by atoms with Gasteiger partial charge in [0.05, 0.1) is 0 Å². The Labute approximate surface area is 137 Å². The van der Waals surface area contributed by atoms with Crippen LogP contribution in [0.1, 0.15) is 69.2 Å². The molecule has 0 atom stereocenters. The van der Waals surface area contributed by atoms with Crippen LogP contribution in [0.4, 0.5) is 0 Å². The van der Waals surface area contributed by atoms with Crippen LogP contribution in [-0.2, 0) is 0 Å². The van der Waals surface area contributed by atoms with E-state index in [4.69, 9.17) is 0 Å². The monoisotopic (exact) mass is 315 g/mol. The molecule has 0 unspecified atom stereocenters. The minimum absolute atomic E-state index is 0.635. The van der Waals surface area contributed by atoms with Crippen molar-refractivity contribution in [2.24, 2.45) is 5.92 Å². The summed E-state index contributed by atoms with van der Waals surface area (Å²) in [5.74, 6) is 1.59. The summed E-state index contributed by atoms with van der Waals surface area (Å²) in [4.78, 5) is 4.06. The highest BCUT2D eigenvalue weighted by Gasteiger charge is 2.24. The van der Waals surface area contributed by atoms with E-state index >= 15 is 0 Å². The molecule has 1 aliphatic rings. The Balaban J connectivity index is 1.55. The molecule has 2 aromatic rings. The van der Waals surface area contributed by atoms with Gasteiger partial charge in [0.2, 0.25) is 0 Å². The maximum Gasteiger partial charge on any atom is 0.147 e. The number of hydrogen-bond acceptors (Lipinski definition) is 4. The van der Waals surface area contributed by atoms with Crippen LogP contribution in [0.25, 0.3) is 10.6 Å². The van der Waals surface area contributed by atoms with E-state index < -0.39 is 0 Å². The zero-order chi connectivity index (χ0) is 15.2. The van der Waals surface area contributed by atoms with Crippen molar-refractivity contribution >= 4 is 11.3 Å². The second kappa shape index (κ2) is 7.82. The average molecular weight is 315 g/mol. The lowest BCUT2D eigenvalue weighted by molar-refractivity contribution is 0.302. The van der Waals surface area contributed by atoms with Gasteiger partial charge in [0, 0.05) is 23.9 Å². The first kappa shape index (κ1) is 15.6. The maximum absolute atomic E-state index is 4.46. The summed E-state index contributed by atoms with van der Waals surface area (Å²) in [5.41, 5.74) is 1.13. The van der Waals surface area contributed by atoms with Crippen molar-refractivity contribution in [2.45, 2.75) is 64.2 Å². The van der Waals surface area contributed by atoms with Gasteiger partial charge in [-0.2, -0.15) is 0 Å². The SMILES string of the molecule is CCCCC[C@H]1CC[C@H](c2nnc(-c3ccncc3)s2)CC1. The molecule has 118 valence electrons. The lowest BCUT2D eigenvalue weighted by Gasteiger charge is -2.27. The molecule has 2 heterocycles. The second-order valence-electron chi connectivity index (χ2n) is 6.39. The molecule has 0 spiro atoms. The van der Waals surface area contributed by atoms with E-state index in [9.17, 15) is 0 Å². The largest absolute Gasteiger partial charge is 0.265 e. The normalized spacial score (nSPS) is 21.9. The van der Waals surface area contributed by atoms with Crippen LogP contribution in [0.5, 0.6) is 0 Å². The molecule has 0 N–H and O–H groups in total. The summed E-state index contributed by atoms with van der Waals surface area (Å²) in [6, 6.07) is 4.02. The van der Waals surface area contributed by atoms with E-state index in [1.807, 2.05) is 24.5 Å². The predicted molar refractivity (Wildman–Crippen MR) is 92.0 cm³/mol. The molecule has 0 aliphatic heterocycles. The van der Waals surface area contributed by atoms with Gasteiger partial charge < -0.3 is 0 Å². The molecule has 0 aromatic carbocycles. The van der Waals surface area contributed by atoms with Gasteiger partial charge in [0.15, 0.2) is 0 Å². The lowest BCUT2D eigenvalue weighted by atomic mass is 9.80. The maximum atomic E-state index is 4.46. The highest BCUT2D eigenvalue weighted by molar-refractivity contribution is 7.14. The number of nitrogens with zero attached hydrogens (tertiary/aromatic N) is 3. The first-order chi connectivity index (χ1) is 10.9. The molecule has 3 nitrogen and oxygen atoms in total. The highest BCUT2D eigenvalue weighted by atomic mass is 32.1. The van der Waals surface area contributed by atoms with E-state index in [1.54, 1.807) is 11.3 Å². The topological polar surface area (TPSA) is 38.7 Å². The highest BCUT2D eigenvalue weighted by Crippen LogP contribution is 2.39. The molecular formula is C18H25N3S. The van der Waals surface area contributed by atoms with Gasteiger partial charge in [-0.15, -0.1) is 10.2 Å². The van der Waals surface area contributed by atoms with E-state index in [0.717, 1.165) is 16.5 Å². The van der Waals surface area contributed by atoms with Gasteiger partial charge in [0.1, 0.15) is 10.0 Å². The van der Waals surface area contributed by atoms with E-state index in [0.29, 0.717) is 5.92 Å². The predicted octanol–water partition coefficient (Wildman–Crippen LogP) is 5.45. The summed E-state index contributed by atoms with van der Waals surface area (Å²) in [6.07, 6.45) is 14.5. The van der Waals surface area contributed by atoms with Crippen LogP contribution in [-0.4, -0.2) is 15.2 Å². The Morgan fingerprint density at radius 1 is 1.05 bits per heavy atom. The summed E-state index contributed by atoms with van der Waals surface area (Å²) >= 11 is 1.77. The summed E-state index contributed by atoms with van der Waals surface area (Å²) < 4.78 is 0. The number of rotatable bonds is 6. The number of hydrogen-bond donors (Lipinski definition) is 0.